The normalized spacial score (nSPS) is 16.9. The second-order valence-corrected chi connectivity index (χ2v) is 4.42. The molecule has 0 aliphatic carbocycles. The van der Waals surface area contributed by atoms with Crippen molar-refractivity contribution in [1.82, 2.24) is 4.90 Å². The molecular formula is C14H18N2. The molecule has 1 fully saturated rings. The summed E-state index contributed by atoms with van der Waals surface area (Å²) in [7, 11) is 0. The van der Waals surface area contributed by atoms with E-state index in [1.54, 1.807) is 0 Å². The summed E-state index contributed by atoms with van der Waals surface area (Å²) in [6.45, 7) is 3.56. The molecule has 0 amide bonds. The fraction of sp³-hybridized carbons (Fsp3) is 0.500. The van der Waals surface area contributed by atoms with Crippen LogP contribution in [0.25, 0.3) is 0 Å². The highest BCUT2D eigenvalue weighted by Crippen LogP contribution is 2.12. The Balaban J connectivity index is 1.91. The minimum atomic E-state index is 0.833. The molecule has 84 valence electrons. The molecule has 0 aromatic heterocycles. The van der Waals surface area contributed by atoms with E-state index in [2.05, 4.69) is 17.0 Å². The van der Waals surface area contributed by atoms with E-state index in [-0.39, 0.29) is 0 Å². The van der Waals surface area contributed by atoms with Gasteiger partial charge in [-0.2, -0.15) is 5.26 Å². The third-order valence-electron chi connectivity index (χ3n) is 3.28. The van der Waals surface area contributed by atoms with Crippen LogP contribution in [-0.2, 0) is 6.42 Å². The van der Waals surface area contributed by atoms with Crippen molar-refractivity contribution in [3.63, 3.8) is 0 Å². The summed E-state index contributed by atoms with van der Waals surface area (Å²) in [6.07, 6.45) is 5.05. The lowest BCUT2D eigenvalue weighted by Gasteiger charge is -2.26. The molecule has 0 radical (unpaired) electrons. The number of nitriles is 1. The predicted molar refractivity (Wildman–Crippen MR) is 65.2 cm³/mol. The minimum Gasteiger partial charge on any atom is -0.303 e. The fourth-order valence-electron chi connectivity index (χ4n) is 2.31. The Kier molecular flexibility index (Phi) is 3.96. The van der Waals surface area contributed by atoms with E-state index in [0.29, 0.717) is 0 Å². The Hall–Kier alpha value is -1.33. The van der Waals surface area contributed by atoms with E-state index in [1.165, 1.54) is 37.9 Å². The molecule has 1 aromatic rings. The van der Waals surface area contributed by atoms with Gasteiger partial charge in [0, 0.05) is 6.54 Å². The largest absolute Gasteiger partial charge is 0.303 e. The van der Waals surface area contributed by atoms with Crippen molar-refractivity contribution in [2.24, 2.45) is 0 Å². The third-order valence-corrected chi connectivity index (χ3v) is 3.28. The number of likely N-dealkylation sites (tertiary alicyclic amines) is 1. The zero-order chi connectivity index (χ0) is 11.2. The first-order valence-corrected chi connectivity index (χ1v) is 6.10. The van der Waals surface area contributed by atoms with Crippen molar-refractivity contribution in [2.45, 2.75) is 25.7 Å². The lowest BCUT2D eigenvalue weighted by Crippen LogP contribution is -2.31. The van der Waals surface area contributed by atoms with E-state index in [0.717, 1.165) is 18.5 Å². The molecule has 1 saturated heterocycles. The minimum absolute atomic E-state index is 0.833. The summed E-state index contributed by atoms with van der Waals surface area (Å²) in [5.41, 5.74) is 2.02. The van der Waals surface area contributed by atoms with Gasteiger partial charge >= 0.3 is 0 Å². The Morgan fingerprint density at radius 3 is 2.62 bits per heavy atom. The summed E-state index contributed by atoms with van der Waals surface area (Å²) < 4.78 is 0. The smallest absolute Gasteiger partial charge is 0.0994 e. The highest BCUT2D eigenvalue weighted by atomic mass is 15.1. The Morgan fingerprint density at radius 2 is 1.88 bits per heavy atom. The van der Waals surface area contributed by atoms with Gasteiger partial charge in [-0.1, -0.05) is 24.6 Å². The maximum absolute atomic E-state index is 8.99. The summed E-state index contributed by atoms with van der Waals surface area (Å²) in [4.78, 5) is 2.51. The first kappa shape index (κ1) is 11.2. The van der Waals surface area contributed by atoms with Crippen molar-refractivity contribution in [2.75, 3.05) is 19.6 Å². The van der Waals surface area contributed by atoms with Gasteiger partial charge in [-0.25, -0.2) is 0 Å². The molecule has 0 spiro atoms. The maximum Gasteiger partial charge on any atom is 0.0994 e. The molecular weight excluding hydrogens is 196 g/mol. The number of hydrogen-bond donors (Lipinski definition) is 0. The van der Waals surface area contributed by atoms with Crippen LogP contribution in [0, 0.1) is 11.3 Å². The topological polar surface area (TPSA) is 27.0 Å². The van der Waals surface area contributed by atoms with Gasteiger partial charge in [0.2, 0.25) is 0 Å². The van der Waals surface area contributed by atoms with Crippen LogP contribution in [0.5, 0.6) is 0 Å². The van der Waals surface area contributed by atoms with Crippen molar-refractivity contribution in [3.05, 3.63) is 35.4 Å². The van der Waals surface area contributed by atoms with Crippen molar-refractivity contribution in [3.8, 4) is 6.07 Å². The van der Waals surface area contributed by atoms with Crippen LogP contribution in [0.2, 0.25) is 0 Å². The van der Waals surface area contributed by atoms with Gasteiger partial charge in [0.1, 0.15) is 0 Å². The van der Waals surface area contributed by atoms with E-state index in [9.17, 15) is 0 Å². The molecule has 0 saturated carbocycles. The molecule has 1 aromatic carbocycles. The van der Waals surface area contributed by atoms with Crippen molar-refractivity contribution < 1.29 is 0 Å². The SMILES string of the molecule is N#Cc1ccccc1CCN1CCCCC1. The number of benzene rings is 1. The summed E-state index contributed by atoms with van der Waals surface area (Å²) in [6, 6.07) is 10.2. The second-order valence-electron chi connectivity index (χ2n) is 4.42. The van der Waals surface area contributed by atoms with Gasteiger partial charge in [-0.15, -0.1) is 0 Å². The van der Waals surface area contributed by atoms with E-state index in [1.807, 2.05) is 18.2 Å². The zero-order valence-corrected chi connectivity index (χ0v) is 9.65. The van der Waals surface area contributed by atoms with Gasteiger partial charge in [0.15, 0.2) is 0 Å². The predicted octanol–water partition coefficient (Wildman–Crippen LogP) is 2.59. The van der Waals surface area contributed by atoms with Crippen LogP contribution >= 0.6 is 0 Å². The molecule has 1 aliphatic heterocycles. The molecule has 1 aliphatic rings. The first-order chi connectivity index (χ1) is 7.90. The van der Waals surface area contributed by atoms with E-state index < -0.39 is 0 Å². The van der Waals surface area contributed by atoms with Crippen LogP contribution in [0.3, 0.4) is 0 Å². The molecule has 2 nitrogen and oxygen atoms in total. The van der Waals surface area contributed by atoms with Crippen LogP contribution < -0.4 is 0 Å². The van der Waals surface area contributed by atoms with Crippen LogP contribution in [0.4, 0.5) is 0 Å². The molecule has 2 heteroatoms. The fourth-order valence-corrected chi connectivity index (χ4v) is 2.31. The quantitative estimate of drug-likeness (QED) is 0.773. The van der Waals surface area contributed by atoms with Gasteiger partial charge < -0.3 is 4.90 Å². The molecule has 0 atom stereocenters. The van der Waals surface area contributed by atoms with Gasteiger partial charge in [0.25, 0.3) is 0 Å². The molecule has 0 unspecified atom stereocenters. The second kappa shape index (κ2) is 5.67. The van der Waals surface area contributed by atoms with Gasteiger partial charge in [0.05, 0.1) is 11.6 Å². The zero-order valence-electron chi connectivity index (χ0n) is 9.65. The number of hydrogen-bond acceptors (Lipinski definition) is 2. The molecule has 16 heavy (non-hydrogen) atoms. The monoisotopic (exact) mass is 214 g/mol. The number of rotatable bonds is 3. The van der Waals surface area contributed by atoms with Gasteiger partial charge in [-0.3, -0.25) is 0 Å². The number of piperidine rings is 1. The highest BCUT2D eigenvalue weighted by molar-refractivity contribution is 5.37. The van der Waals surface area contributed by atoms with Crippen molar-refractivity contribution in [1.29, 1.82) is 5.26 Å². The van der Waals surface area contributed by atoms with Crippen LogP contribution in [0.1, 0.15) is 30.4 Å². The maximum atomic E-state index is 8.99. The van der Waals surface area contributed by atoms with Gasteiger partial charge in [-0.05, 0) is 44.0 Å². The molecule has 0 bridgehead atoms. The summed E-state index contributed by atoms with van der Waals surface area (Å²) >= 11 is 0. The average molecular weight is 214 g/mol. The third kappa shape index (κ3) is 2.84. The lowest BCUT2D eigenvalue weighted by atomic mass is 10.0. The molecule has 0 N–H and O–H groups in total. The van der Waals surface area contributed by atoms with E-state index >= 15 is 0 Å². The summed E-state index contributed by atoms with van der Waals surface area (Å²) in [5, 5.41) is 8.99. The van der Waals surface area contributed by atoms with E-state index in [4.69, 9.17) is 5.26 Å². The molecule has 1 heterocycles. The lowest BCUT2D eigenvalue weighted by molar-refractivity contribution is 0.231. The Bertz CT molecular complexity index is 373. The highest BCUT2D eigenvalue weighted by Gasteiger charge is 2.10. The van der Waals surface area contributed by atoms with Crippen molar-refractivity contribution >= 4 is 0 Å². The van der Waals surface area contributed by atoms with Crippen LogP contribution in [0.15, 0.2) is 24.3 Å². The Labute approximate surface area is 97.5 Å². The van der Waals surface area contributed by atoms with Crippen LogP contribution in [-0.4, -0.2) is 24.5 Å². The Morgan fingerprint density at radius 1 is 1.12 bits per heavy atom. The average Bonchev–Trinajstić information content (AvgIpc) is 2.38. The number of nitrogens with zero attached hydrogens (tertiary/aromatic N) is 2. The molecule has 2 rings (SSSR count). The first-order valence-electron chi connectivity index (χ1n) is 6.10. The summed E-state index contributed by atoms with van der Waals surface area (Å²) in [5.74, 6) is 0. The standard InChI is InChI=1S/C14H18N2/c15-12-14-7-3-2-6-13(14)8-11-16-9-4-1-5-10-16/h2-3,6-7H,1,4-5,8-11H2.